The molecule has 1 amide bonds. The molecule has 2 aromatic heterocycles. The van der Waals surface area contributed by atoms with E-state index in [0.717, 1.165) is 42.9 Å². The van der Waals surface area contributed by atoms with Gasteiger partial charge in [-0.05, 0) is 38.5 Å². The summed E-state index contributed by atoms with van der Waals surface area (Å²) < 4.78 is 2.17. The summed E-state index contributed by atoms with van der Waals surface area (Å²) in [7, 11) is 0. The second-order valence-electron chi connectivity index (χ2n) is 8.06. The van der Waals surface area contributed by atoms with E-state index in [9.17, 15) is 4.79 Å². The Morgan fingerprint density at radius 3 is 2.50 bits per heavy atom. The maximum Gasteiger partial charge on any atom is 0.223 e. The van der Waals surface area contributed by atoms with E-state index in [2.05, 4.69) is 50.5 Å². The first-order valence-corrected chi connectivity index (χ1v) is 9.77. The number of hydrogen-bond donors (Lipinski definition) is 1. The number of piperidine rings is 1. The predicted octanol–water partition coefficient (Wildman–Crippen LogP) is 2.54. The number of carbonyl (C=O) groups is 1. The molecule has 1 saturated carbocycles. The lowest BCUT2D eigenvalue weighted by Gasteiger charge is -2.33. The summed E-state index contributed by atoms with van der Waals surface area (Å²) >= 11 is 0. The second-order valence-corrected chi connectivity index (χ2v) is 8.06. The number of imidazole rings is 1. The topological polar surface area (TPSA) is 75.9 Å². The zero-order valence-electron chi connectivity index (χ0n) is 15.9. The normalized spacial score (nSPS) is 19.9. The van der Waals surface area contributed by atoms with Crippen LogP contribution in [0.5, 0.6) is 0 Å². The minimum Gasteiger partial charge on any atom is -0.355 e. The number of fused-ring (bicyclic) bond motifs is 1. The standard InChI is InChI=1S/C19H28N6O/c1-12(2)13(3)23-19(26)14-6-8-24(9-7-14)17-16-18(21-10-20-17)25(11-22-16)15-4-5-15/h10-15H,4-9H2,1-3H3,(H,23,26)/t13-/m1/s1. The highest BCUT2D eigenvalue weighted by Gasteiger charge is 2.30. The summed E-state index contributed by atoms with van der Waals surface area (Å²) in [5.41, 5.74) is 1.82. The molecule has 2 aromatic rings. The molecule has 1 saturated heterocycles. The second kappa shape index (κ2) is 6.85. The smallest absolute Gasteiger partial charge is 0.223 e. The van der Waals surface area contributed by atoms with E-state index < -0.39 is 0 Å². The Morgan fingerprint density at radius 1 is 1.12 bits per heavy atom. The Balaban J connectivity index is 1.44. The Labute approximate surface area is 154 Å². The van der Waals surface area contributed by atoms with Crippen LogP contribution in [0.1, 0.15) is 52.5 Å². The molecule has 1 aliphatic heterocycles. The van der Waals surface area contributed by atoms with Crippen LogP contribution in [0.2, 0.25) is 0 Å². The van der Waals surface area contributed by atoms with E-state index in [1.54, 1.807) is 6.33 Å². The molecule has 7 heteroatoms. The third kappa shape index (κ3) is 3.27. The van der Waals surface area contributed by atoms with Crippen LogP contribution < -0.4 is 10.2 Å². The van der Waals surface area contributed by atoms with E-state index in [0.29, 0.717) is 12.0 Å². The van der Waals surface area contributed by atoms with Crippen LogP contribution in [0.15, 0.2) is 12.7 Å². The number of nitrogens with zero attached hydrogens (tertiary/aromatic N) is 5. The van der Waals surface area contributed by atoms with Gasteiger partial charge in [0.2, 0.25) is 5.91 Å². The van der Waals surface area contributed by atoms with Crippen LogP contribution in [-0.2, 0) is 4.79 Å². The van der Waals surface area contributed by atoms with Crippen molar-refractivity contribution in [3.05, 3.63) is 12.7 Å². The fourth-order valence-electron chi connectivity index (χ4n) is 3.55. The van der Waals surface area contributed by atoms with Crippen molar-refractivity contribution in [1.82, 2.24) is 24.8 Å². The zero-order chi connectivity index (χ0) is 18.3. The summed E-state index contributed by atoms with van der Waals surface area (Å²) in [6.45, 7) is 8.00. The fourth-order valence-corrected chi connectivity index (χ4v) is 3.55. The number of rotatable bonds is 5. The monoisotopic (exact) mass is 356 g/mol. The summed E-state index contributed by atoms with van der Waals surface area (Å²) in [6, 6.07) is 0.772. The first-order valence-electron chi connectivity index (χ1n) is 9.77. The maximum atomic E-state index is 12.5. The Hall–Kier alpha value is -2.18. The van der Waals surface area contributed by atoms with Gasteiger partial charge in [0.1, 0.15) is 6.33 Å². The molecule has 0 bridgehead atoms. The average molecular weight is 356 g/mol. The van der Waals surface area contributed by atoms with Crippen LogP contribution in [0, 0.1) is 11.8 Å². The number of hydrogen-bond acceptors (Lipinski definition) is 5. The highest BCUT2D eigenvalue weighted by molar-refractivity contribution is 5.84. The lowest BCUT2D eigenvalue weighted by Crippen LogP contribution is -2.44. The number of aromatic nitrogens is 4. The average Bonchev–Trinajstić information content (AvgIpc) is 3.40. The molecule has 3 heterocycles. The van der Waals surface area contributed by atoms with Gasteiger partial charge in [-0.2, -0.15) is 0 Å². The van der Waals surface area contributed by atoms with Gasteiger partial charge < -0.3 is 14.8 Å². The minimum absolute atomic E-state index is 0.0915. The number of carbonyl (C=O) groups excluding carboxylic acids is 1. The largest absolute Gasteiger partial charge is 0.355 e. The van der Waals surface area contributed by atoms with Gasteiger partial charge in [-0.3, -0.25) is 4.79 Å². The summed E-state index contributed by atoms with van der Waals surface area (Å²) in [5.74, 6) is 1.64. The van der Waals surface area contributed by atoms with E-state index >= 15 is 0 Å². The lowest BCUT2D eigenvalue weighted by molar-refractivity contribution is -0.126. The number of nitrogens with one attached hydrogen (secondary N) is 1. The Morgan fingerprint density at radius 2 is 1.85 bits per heavy atom. The van der Waals surface area contributed by atoms with E-state index in [4.69, 9.17) is 0 Å². The van der Waals surface area contributed by atoms with Crippen molar-refractivity contribution in [2.75, 3.05) is 18.0 Å². The van der Waals surface area contributed by atoms with Crippen molar-refractivity contribution < 1.29 is 4.79 Å². The van der Waals surface area contributed by atoms with Crippen LogP contribution in [0.3, 0.4) is 0 Å². The molecule has 7 nitrogen and oxygen atoms in total. The zero-order valence-corrected chi connectivity index (χ0v) is 15.9. The molecule has 0 unspecified atom stereocenters. The predicted molar refractivity (Wildman–Crippen MR) is 101 cm³/mol. The molecule has 140 valence electrons. The fraction of sp³-hybridized carbons (Fsp3) is 0.684. The third-order valence-electron chi connectivity index (χ3n) is 5.81. The number of amides is 1. The van der Waals surface area contributed by atoms with Crippen LogP contribution in [-0.4, -0.2) is 44.6 Å². The minimum atomic E-state index is 0.0915. The van der Waals surface area contributed by atoms with Crippen molar-refractivity contribution >= 4 is 22.9 Å². The first-order chi connectivity index (χ1) is 12.5. The molecule has 0 radical (unpaired) electrons. The van der Waals surface area contributed by atoms with Gasteiger partial charge in [0, 0.05) is 31.1 Å². The maximum absolute atomic E-state index is 12.5. The highest BCUT2D eigenvalue weighted by Crippen LogP contribution is 2.37. The molecule has 1 atom stereocenters. The molecular formula is C19H28N6O. The molecule has 1 N–H and O–H groups in total. The van der Waals surface area contributed by atoms with Crippen LogP contribution in [0.4, 0.5) is 5.82 Å². The lowest BCUT2D eigenvalue weighted by atomic mass is 9.95. The SMILES string of the molecule is CC(C)[C@@H](C)NC(=O)C1CCN(c2ncnc3c2ncn3C2CC2)CC1. The highest BCUT2D eigenvalue weighted by atomic mass is 16.1. The Bertz CT molecular complexity index is 788. The number of anilines is 1. The Kier molecular flexibility index (Phi) is 4.54. The van der Waals surface area contributed by atoms with Crippen LogP contribution in [0.25, 0.3) is 11.2 Å². The van der Waals surface area contributed by atoms with Gasteiger partial charge in [0.25, 0.3) is 0 Å². The van der Waals surface area contributed by atoms with E-state index in [1.807, 2.05) is 6.33 Å². The third-order valence-corrected chi connectivity index (χ3v) is 5.81. The summed E-state index contributed by atoms with van der Waals surface area (Å²) in [5, 5.41) is 3.16. The van der Waals surface area contributed by atoms with Crippen molar-refractivity contribution in [3.8, 4) is 0 Å². The van der Waals surface area contributed by atoms with Crippen molar-refractivity contribution in [2.24, 2.45) is 11.8 Å². The molecular weight excluding hydrogens is 328 g/mol. The van der Waals surface area contributed by atoms with Crippen LogP contribution >= 0.6 is 0 Å². The molecule has 0 spiro atoms. The summed E-state index contributed by atoms with van der Waals surface area (Å²) in [6.07, 6.45) is 7.66. The molecule has 2 fully saturated rings. The van der Waals surface area contributed by atoms with E-state index in [-0.39, 0.29) is 17.9 Å². The van der Waals surface area contributed by atoms with Gasteiger partial charge in [-0.25, -0.2) is 15.0 Å². The first kappa shape index (κ1) is 17.2. The van der Waals surface area contributed by atoms with Gasteiger partial charge >= 0.3 is 0 Å². The van der Waals surface area contributed by atoms with Gasteiger partial charge in [-0.15, -0.1) is 0 Å². The van der Waals surface area contributed by atoms with E-state index in [1.165, 1.54) is 12.8 Å². The molecule has 1 aliphatic carbocycles. The van der Waals surface area contributed by atoms with Gasteiger partial charge in [-0.1, -0.05) is 13.8 Å². The van der Waals surface area contributed by atoms with Gasteiger partial charge in [0.05, 0.1) is 6.33 Å². The summed E-state index contributed by atoms with van der Waals surface area (Å²) in [4.78, 5) is 28.3. The molecule has 0 aromatic carbocycles. The molecule has 2 aliphatic rings. The molecule has 4 rings (SSSR count). The quantitative estimate of drug-likeness (QED) is 0.891. The van der Waals surface area contributed by atoms with Crippen molar-refractivity contribution in [1.29, 1.82) is 0 Å². The van der Waals surface area contributed by atoms with Gasteiger partial charge in [0.15, 0.2) is 17.0 Å². The molecule has 26 heavy (non-hydrogen) atoms. The van der Waals surface area contributed by atoms with Crippen molar-refractivity contribution in [2.45, 2.75) is 58.5 Å². The van der Waals surface area contributed by atoms with Crippen molar-refractivity contribution in [3.63, 3.8) is 0 Å².